The Morgan fingerprint density at radius 1 is 1.00 bits per heavy atom. The van der Waals surface area contributed by atoms with Gasteiger partial charge in [0.25, 0.3) is 5.91 Å². The van der Waals surface area contributed by atoms with Gasteiger partial charge in [0.2, 0.25) is 0 Å². The van der Waals surface area contributed by atoms with Gasteiger partial charge in [-0.2, -0.15) is 0 Å². The van der Waals surface area contributed by atoms with Gasteiger partial charge in [-0.3, -0.25) is 4.79 Å². The molecule has 37 heavy (non-hydrogen) atoms. The molecule has 0 spiro atoms. The first-order chi connectivity index (χ1) is 17.8. The van der Waals surface area contributed by atoms with Gasteiger partial charge < -0.3 is 9.30 Å². The molecule has 0 aliphatic heterocycles. The van der Waals surface area contributed by atoms with Crippen molar-refractivity contribution in [3.63, 3.8) is 0 Å². The molecule has 0 radical (unpaired) electrons. The molecule has 0 saturated heterocycles. The summed E-state index contributed by atoms with van der Waals surface area (Å²) in [6.45, 7) is 7.67. The fourth-order valence-corrected chi connectivity index (χ4v) is 5.30. The van der Waals surface area contributed by atoms with Crippen LogP contribution in [0.5, 0.6) is 0 Å². The van der Waals surface area contributed by atoms with Crippen molar-refractivity contribution in [3.05, 3.63) is 102 Å². The predicted molar refractivity (Wildman–Crippen MR) is 153 cm³/mol. The van der Waals surface area contributed by atoms with Gasteiger partial charge in [0.1, 0.15) is 5.65 Å². The van der Waals surface area contributed by atoms with Crippen LogP contribution in [0.25, 0.3) is 22.3 Å². The van der Waals surface area contributed by atoms with Gasteiger partial charge in [0.15, 0.2) is 0 Å². The standard InChI is InChI=1S/C33H37N3O/c1-33(2,3)29-17-15-25(16-18-29)24-11-13-26(14-12-24)27-8-7-9-28(22-27)32(37)35(4)21-19-30-23-36-20-6-5-10-31(36)34-30/h5-15,20,22-23,29H,16-19,21H2,1-4H3. The van der Waals surface area contributed by atoms with E-state index in [1.807, 2.05) is 60.2 Å². The lowest BCUT2D eigenvalue weighted by Gasteiger charge is -2.33. The summed E-state index contributed by atoms with van der Waals surface area (Å²) in [7, 11) is 1.86. The number of hydrogen-bond donors (Lipinski definition) is 0. The zero-order chi connectivity index (χ0) is 26.0. The van der Waals surface area contributed by atoms with Gasteiger partial charge in [0, 0.05) is 38.0 Å². The van der Waals surface area contributed by atoms with Crippen LogP contribution in [0, 0.1) is 11.3 Å². The lowest BCUT2D eigenvalue weighted by Crippen LogP contribution is -2.28. The van der Waals surface area contributed by atoms with Crippen molar-refractivity contribution >= 4 is 17.1 Å². The summed E-state index contributed by atoms with van der Waals surface area (Å²) in [6, 6.07) is 22.8. The maximum atomic E-state index is 13.2. The molecule has 1 atom stereocenters. The minimum atomic E-state index is 0.0306. The second-order valence-corrected chi connectivity index (χ2v) is 11.4. The third kappa shape index (κ3) is 5.69. The van der Waals surface area contributed by atoms with Crippen LogP contribution in [0.3, 0.4) is 0 Å². The molecule has 1 unspecified atom stereocenters. The first-order valence-electron chi connectivity index (χ1n) is 13.4. The molecule has 1 amide bonds. The molecule has 0 fully saturated rings. The summed E-state index contributed by atoms with van der Waals surface area (Å²) in [4.78, 5) is 19.6. The zero-order valence-electron chi connectivity index (χ0n) is 22.4. The van der Waals surface area contributed by atoms with Gasteiger partial charge in [0.05, 0.1) is 5.69 Å². The molecule has 5 rings (SSSR count). The van der Waals surface area contributed by atoms with Crippen LogP contribution in [0.2, 0.25) is 0 Å². The lowest BCUT2D eigenvalue weighted by molar-refractivity contribution is 0.0796. The van der Waals surface area contributed by atoms with Crippen LogP contribution in [-0.2, 0) is 6.42 Å². The van der Waals surface area contributed by atoms with Gasteiger partial charge >= 0.3 is 0 Å². The van der Waals surface area contributed by atoms with Crippen molar-refractivity contribution in [2.24, 2.45) is 11.3 Å². The van der Waals surface area contributed by atoms with Gasteiger partial charge in [-0.15, -0.1) is 0 Å². The summed E-state index contributed by atoms with van der Waals surface area (Å²) < 4.78 is 2.01. The van der Waals surface area contributed by atoms with E-state index >= 15 is 0 Å². The quantitative estimate of drug-likeness (QED) is 0.279. The van der Waals surface area contributed by atoms with E-state index in [9.17, 15) is 4.79 Å². The number of imidazole rings is 1. The van der Waals surface area contributed by atoms with E-state index in [-0.39, 0.29) is 5.91 Å². The van der Waals surface area contributed by atoms with Crippen molar-refractivity contribution in [1.29, 1.82) is 0 Å². The van der Waals surface area contributed by atoms with Crippen LogP contribution in [0.1, 0.15) is 61.6 Å². The Balaban J connectivity index is 1.24. The Hall–Kier alpha value is -3.66. The van der Waals surface area contributed by atoms with Crippen molar-refractivity contribution < 1.29 is 4.79 Å². The molecule has 0 saturated carbocycles. The summed E-state index contributed by atoms with van der Waals surface area (Å²) in [5.74, 6) is 0.788. The summed E-state index contributed by atoms with van der Waals surface area (Å²) >= 11 is 0. The average Bonchev–Trinajstić information content (AvgIpc) is 3.34. The van der Waals surface area contributed by atoms with E-state index in [1.165, 1.54) is 17.6 Å². The highest BCUT2D eigenvalue weighted by atomic mass is 16.2. The van der Waals surface area contributed by atoms with E-state index < -0.39 is 0 Å². The number of amides is 1. The zero-order valence-corrected chi connectivity index (χ0v) is 22.4. The highest BCUT2D eigenvalue weighted by Gasteiger charge is 2.26. The Morgan fingerprint density at radius 3 is 2.49 bits per heavy atom. The van der Waals surface area contributed by atoms with Crippen molar-refractivity contribution in [2.45, 2.75) is 46.5 Å². The lowest BCUT2D eigenvalue weighted by atomic mass is 9.72. The molecule has 0 N–H and O–H groups in total. The number of nitrogens with zero attached hydrogens (tertiary/aromatic N) is 3. The predicted octanol–water partition coefficient (Wildman–Crippen LogP) is 7.55. The minimum absolute atomic E-state index is 0.0306. The largest absolute Gasteiger partial charge is 0.341 e. The average molecular weight is 492 g/mol. The minimum Gasteiger partial charge on any atom is -0.341 e. The van der Waals surface area contributed by atoms with Gasteiger partial charge in [-0.1, -0.05) is 69.3 Å². The van der Waals surface area contributed by atoms with E-state index in [0.717, 1.165) is 47.6 Å². The monoisotopic (exact) mass is 491 g/mol. The fourth-order valence-electron chi connectivity index (χ4n) is 5.30. The highest BCUT2D eigenvalue weighted by Crippen LogP contribution is 2.39. The Kier molecular flexibility index (Phi) is 7.01. The molecule has 190 valence electrons. The molecule has 4 aromatic rings. The number of rotatable bonds is 6. The van der Waals surface area contributed by atoms with Crippen LogP contribution in [-0.4, -0.2) is 33.8 Å². The fraction of sp³-hybridized carbons (Fsp3) is 0.333. The van der Waals surface area contributed by atoms with Gasteiger partial charge in [-0.05, 0) is 77.1 Å². The first-order valence-corrected chi connectivity index (χ1v) is 13.4. The number of allylic oxidation sites excluding steroid dienone is 2. The Bertz CT molecular complexity index is 1390. The summed E-state index contributed by atoms with van der Waals surface area (Å²) in [6.07, 6.45) is 10.7. The number of carbonyl (C=O) groups is 1. The molecular weight excluding hydrogens is 454 g/mol. The van der Waals surface area contributed by atoms with Crippen LogP contribution in [0.15, 0.2) is 85.2 Å². The van der Waals surface area contributed by atoms with Crippen molar-refractivity contribution in [3.8, 4) is 11.1 Å². The molecular formula is C33H37N3O. The van der Waals surface area contributed by atoms with Crippen LogP contribution < -0.4 is 0 Å². The number of likely N-dealkylation sites (N-methyl/N-ethyl adjacent to an activating group) is 1. The van der Waals surface area contributed by atoms with Crippen LogP contribution in [0.4, 0.5) is 0 Å². The second kappa shape index (κ2) is 10.4. The number of hydrogen-bond acceptors (Lipinski definition) is 2. The number of benzene rings is 2. The number of fused-ring (bicyclic) bond motifs is 1. The van der Waals surface area contributed by atoms with Gasteiger partial charge in [-0.25, -0.2) is 4.98 Å². The van der Waals surface area contributed by atoms with E-state index in [0.29, 0.717) is 17.5 Å². The highest BCUT2D eigenvalue weighted by molar-refractivity contribution is 5.95. The van der Waals surface area contributed by atoms with E-state index in [1.54, 1.807) is 4.90 Å². The smallest absolute Gasteiger partial charge is 0.253 e. The van der Waals surface area contributed by atoms with Crippen molar-refractivity contribution in [1.82, 2.24) is 14.3 Å². The van der Waals surface area contributed by atoms with Crippen LogP contribution >= 0.6 is 0 Å². The third-order valence-corrected chi connectivity index (χ3v) is 7.80. The number of aromatic nitrogens is 2. The van der Waals surface area contributed by atoms with E-state index in [4.69, 9.17) is 0 Å². The molecule has 0 bridgehead atoms. The number of pyridine rings is 1. The summed E-state index contributed by atoms with van der Waals surface area (Å²) in [5, 5.41) is 0. The second-order valence-electron chi connectivity index (χ2n) is 11.4. The maximum Gasteiger partial charge on any atom is 0.253 e. The molecule has 4 heteroatoms. The molecule has 2 aromatic heterocycles. The topological polar surface area (TPSA) is 37.6 Å². The van der Waals surface area contributed by atoms with E-state index in [2.05, 4.69) is 62.2 Å². The first kappa shape index (κ1) is 25.0. The summed E-state index contributed by atoms with van der Waals surface area (Å²) in [5.41, 5.74) is 7.98. The third-order valence-electron chi connectivity index (χ3n) is 7.80. The Morgan fingerprint density at radius 2 is 1.78 bits per heavy atom. The molecule has 1 aliphatic rings. The molecule has 2 heterocycles. The normalized spacial score (nSPS) is 16.0. The van der Waals surface area contributed by atoms with Crippen molar-refractivity contribution in [2.75, 3.05) is 13.6 Å². The SMILES string of the molecule is CN(CCc1cn2ccccc2n1)C(=O)c1cccc(-c2ccc(C3=CCC(C(C)(C)C)CC3)cc2)c1. The number of carbonyl (C=O) groups excluding carboxylic acids is 1. The molecule has 1 aliphatic carbocycles. The molecule has 2 aromatic carbocycles. The Labute approximate surface area is 220 Å². The maximum absolute atomic E-state index is 13.2. The molecule has 4 nitrogen and oxygen atoms in total.